The van der Waals surface area contributed by atoms with E-state index in [4.69, 9.17) is 0 Å². The second-order valence-corrected chi connectivity index (χ2v) is 9.11. The summed E-state index contributed by atoms with van der Waals surface area (Å²) >= 11 is 0. The predicted octanol–water partition coefficient (Wildman–Crippen LogP) is 2.91. The molecule has 1 amide bonds. The minimum absolute atomic E-state index is 0.0281. The molecule has 2 unspecified atom stereocenters. The Morgan fingerprint density at radius 1 is 0.882 bits per heavy atom. The van der Waals surface area contributed by atoms with Crippen LogP contribution in [0.15, 0.2) is 73.2 Å². The molecule has 4 rings (SSSR count). The Labute approximate surface area is 200 Å². The molecule has 0 aliphatic carbocycles. The zero-order valence-corrected chi connectivity index (χ0v) is 19.8. The van der Waals surface area contributed by atoms with Gasteiger partial charge in [0.1, 0.15) is 0 Å². The molecule has 3 aromatic rings. The molecule has 0 spiro atoms. The summed E-state index contributed by atoms with van der Waals surface area (Å²) in [5.74, 6) is -1.48. The summed E-state index contributed by atoms with van der Waals surface area (Å²) in [6, 6.07) is 18.3. The van der Waals surface area contributed by atoms with Gasteiger partial charge in [-0.05, 0) is 0 Å². The fourth-order valence-corrected chi connectivity index (χ4v) is 4.83. The number of piperidine rings is 1. The van der Waals surface area contributed by atoms with Gasteiger partial charge in [-0.25, -0.2) is 4.98 Å². The van der Waals surface area contributed by atoms with Crippen molar-refractivity contribution in [2.24, 2.45) is 18.9 Å². The van der Waals surface area contributed by atoms with Crippen LogP contribution in [0.4, 0.5) is 0 Å². The Bertz CT molecular complexity index is 1100. The highest BCUT2D eigenvalue weighted by Gasteiger charge is 2.46. The van der Waals surface area contributed by atoms with Crippen molar-refractivity contribution >= 4 is 17.5 Å². The molecule has 1 saturated heterocycles. The van der Waals surface area contributed by atoms with Crippen LogP contribution in [0.25, 0.3) is 0 Å². The quantitative estimate of drug-likeness (QED) is 0.509. The number of carbonyl (C=O) groups excluding carboxylic acids is 3. The molecule has 0 bridgehead atoms. The molecule has 2 atom stereocenters. The fraction of sp³-hybridized carbons (Fsp3) is 0.333. The summed E-state index contributed by atoms with van der Waals surface area (Å²) in [5.41, 5.74) is 2.06. The number of hydrogen-bond donors (Lipinski definition) is 0. The zero-order valence-electron chi connectivity index (χ0n) is 19.8. The van der Waals surface area contributed by atoms with E-state index in [1.54, 1.807) is 50.9 Å². The fourth-order valence-electron chi connectivity index (χ4n) is 4.83. The van der Waals surface area contributed by atoms with Crippen LogP contribution >= 0.6 is 0 Å². The number of hydrogen-bond acceptors (Lipinski definition) is 5. The van der Waals surface area contributed by atoms with E-state index in [1.807, 2.05) is 52.9 Å². The van der Waals surface area contributed by atoms with Crippen LogP contribution in [0.5, 0.6) is 0 Å². The molecule has 34 heavy (non-hydrogen) atoms. The minimum atomic E-state index is -0.501. The van der Waals surface area contributed by atoms with Crippen molar-refractivity contribution in [2.45, 2.75) is 5.92 Å². The van der Waals surface area contributed by atoms with Crippen LogP contribution in [0, 0.1) is 11.8 Å². The SMILES string of the molecule is CN(C)C(=O)CN1CC(C(=O)c2ccccc2)C(c2cncn2C)C(C(=O)c2ccccc2)C1. The molecule has 1 aromatic heterocycles. The van der Waals surface area contributed by atoms with Crippen LogP contribution < -0.4 is 0 Å². The van der Waals surface area contributed by atoms with Gasteiger partial charge in [-0.3, -0.25) is 19.3 Å². The number of rotatable bonds is 7. The van der Waals surface area contributed by atoms with Crippen LogP contribution in [0.1, 0.15) is 32.3 Å². The van der Waals surface area contributed by atoms with E-state index in [0.717, 1.165) is 5.69 Å². The lowest BCUT2D eigenvalue weighted by molar-refractivity contribution is -0.130. The predicted molar refractivity (Wildman–Crippen MR) is 130 cm³/mol. The van der Waals surface area contributed by atoms with Crippen LogP contribution in [0.2, 0.25) is 0 Å². The van der Waals surface area contributed by atoms with E-state index in [9.17, 15) is 14.4 Å². The number of imidazole rings is 1. The first-order valence-corrected chi connectivity index (χ1v) is 11.4. The van der Waals surface area contributed by atoms with Gasteiger partial charge in [-0.2, -0.15) is 0 Å². The maximum absolute atomic E-state index is 13.8. The van der Waals surface area contributed by atoms with Gasteiger partial charge in [0.2, 0.25) is 5.91 Å². The monoisotopic (exact) mass is 458 g/mol. The number of nitrogens with zero attached hydrogens (tertiary/aromatic N) is 4. The van der Waals surface area contributed by atoms with E-state index in [0.29, 0.717) is 24.2 Å². The molecule has 7 heteroatoms. The van der Waals surface area contributed by atoms with Gasteiger partial charge < -0.3 is 9.47 Å². The molecule has 176 valence electrons. The van der Waals surface area contributed by atoms with Gasteiger partial charge in [0, 0.05) is 75.0 Å². The summed E-state index contributed by atoms with van der Waals surface area (Å²) < 4.78 is 1.89. The summed E-state index contributed by atoms with van der Waals surface area (Å²) in [5, 5.41) is 0. The van der Waals surface area contributed by atoms with E-state index >= 15 is 0 Å². The van der Waals surface area contributed by atoms with Crippen molar-refractivity contribution in [1.29, 1.82) is 0 Å². The Morgan fingerprint density at radius 2 is 1.38 bits per heavy atom. The average molecular weight is 459 g/mol. The molecule has 7 nitrogen and oxygen atoms in total. The van der Waals surface area contributed by atoms with Crippen molar-refractivity contribution in [3.63, 3.8) is 0 Å². The summed E-state index contributed by atoms with van der Waals surface area (Å²) in [4.78, 5) is 48.0. The van der Waals surface area contributed by atoms with Crippen molar-refractivity contribution in [3.8, 4) is 0 Å². The van der Waals surface area contributed by atoms with Crippen molar-refractivity contribution in [2.75, 3.05) is 33.7 Å². The number of likely N-dealkylation sites (tertiary alicyclic amines) is 1. The Morgan fingerprint density at radius 3 is 1.79 bits per heavy atom. The maximum Gasteiger partial charge on any atom is 0.236 e. The zero-order chi connectivity index (χ0) is 24.2. The average Bonchev–Trinajstić information content (AvgIpc) is 3.28. The second kappa shape index (κ2) is 10.1. The van der Waals surface area contributed by atoms with E-state index in [-0.39, 0.29) is 29.9 Å². The van der Waals surface area contributed by atoms with Crippen molar-refractivity contribution < 1.29 is 14.4 Å². The molecule has 0 N–H and O–H groups in total. The number of ketones is 2. The lowest BCUT2D eigenvalue weighted by atomic mass is 9.70. The number of benzene rings is 2. The van der Waals surface area contributed by atoms with Gasteiger partial charge in [-0.1, -0.05) is 60.7 Å². The van der Waals surface area contributed by atoms with Gasteiger partial charge >= 0.3 is 0 Å². The number of amides is 1. The summed E-state index contributed by atoms with van der Waals surface area (Å²) in [6.45, 7) is 0.936. The molecule has 1 aliphatic heterocycles. The van der Waals surface area contributed by atoms with Crippen LogP contribution in [-0.4, -0.2) is 70.6 Å². The third kappa shape index (κ3) is 4.84. The second-order valence-electron chi connectivity index (χ2n) is 9.11. The van der Waals surface area contributed by atoms with E-state index < -0.39 is 11.8 Å². The third-order valence-electron chi connectivity index (χ3n) is 6.62. The van der Waals surface area contributed by atoms with Gasteiger partial charge in [0.15, 0.2) is 11.6 Å². The Hall–Kier alpha value is -3.58. The first-order valence-electron chi connectivity index (χ1n) is 11.4. The normalized spacial score (nSPS) is 20.6. The van der Waals surface area contributed by atoms with Crippen molar-refractivity contribution in [1.82, 2.24) is 19.4 Å². The highest BCUT2D eigenvalue weighted by Crippen LogP contribution is 2.40. The third-order valence-corrected chi connectivity index (χ3v) is 6.62. The van der Waals surface area contributed by atoms with E-state index in [1.165, 1.54) is 4.90 Å². The number of aromatic nitrogens is 2. The highest BCUT2D eigenvalue weighted by atomic mass is 16.2. The lowest BCUT2D eigenvalue weighted by Gasteiger charge is -2.42. The van der Waals surface area contributed by atoms with Gasteiger partial charge in [0.05, 0.1) is 12.9 Å². The maximum atomic E-state index is 13.8. The summed E-state index contributed by atoms with van der Waals surface area (Å²) in [7, 11) is 5.31. The topological polar surface area (TPSA) is 75.5 Å². The van der Waals surface area contributed by atoms with Gasteiger partial charge in [-0.15, -0.1) is 0 Å². The van der Waals surface area contributed by atoms with Crippen molar-refractivity contribution in [3.05, 3.63) is 90.0 Å². The molecule has 2 aromatic carbocycles. The number of aryl methyl sites for hydroxylation is 1. The smallest absolute Gasteiger partial charge is 0.236 e. The molecular formula is C27H30N4O3. The van der Waals surface area contributed by atoms with Gasteiger partial charge in [0.25, 0.3) is 0 Å². The standard InChI is InChI=1S/C27H30N4O3/c1-29(2)24(32)17-31-15-21(26(33)19-10-6-4-7-11-19)25(23-14-28-18-30(23)3)22(16-31)27(34)20-12-8-5-9-13-20/h4-14,18,21-22,25H,15-17H2,1-3H3. The van der Waals surface area contributed by atoms with Crippen LogP contribution in [0.3, 0.4) is 0 Å². The Kier molecular flexibility index (Phi) is 7.03. The lowest BCUT2D eigenvalue weighted by Crippen LogP contribution is -2.52. The molecular weight excluding hydrogens is 428 g/mol. The summed E-state index contributed by atoms with van der Waals surface area (Å²) in [6.07, 6.45) is 3.45. The van der Waals surface area contributed by atoms with E-state index in [2.05, 4.69) is 4.98 Å². The minimum Gasteiger partial charge on any atom is -0.348 e. The van der Waals surface area contributed by atoms with Crippen LogP contribution in [-0.2, 0) is 11.8 Å². The highest BCUT2D eigenvalue weighted by molar-refractivity contribution is 6.02. The molecule has 1 fully saturated rings. The first-order chi connectivity index (χ1) is 16.4. The molecule has 0 radical (unpaired) electrons. The number of carbonyl (C=O) groups is 3. The molecule has 2 heterocycles. The number of Topliss-reactive ketones (excluding diaryl/α,β-unsaturated/α-hetero) is 2. The first kappa shape index (κ1) is 23.6. The number of likely N-dealkylation sites (N-methyl/N-ethyl adjacent to an activating group) is 1. The largest absolute Gasteiger partial charge is 0.348 e. The molecule has 1 aliphatic rings. The molecule has 0 saturated carbocycles. The Balaban J connectivity index is 1.79.